The van der Waals surface area contributed by atoms with Crippen molar-refractivity contribution in [3.63, 3.8) is 0 Å². The molecule has 0 radical (unpaired) electrons. The molecule has 1 aromatic carbocycles. The van der Waals surface area contributed by atoms with Gasteiger partial charge in [0.25, 0.3) is 0 Å². The molecule has 0 unspecified atom stereocenters. The fraction of sp³-hybridized carbons (Fsp3) is 0.111. The second kappa shape index (κ2) is 4.50. The summed E-state index contributed by atoms with van der Waals surface area (Å²) in [6.07, 6.45) is -0.756. The van der Waals surface area contributed by atoms with Gasteiger partial charge in [0.1, 0.15) is 17.3 Å². The largest absolute Gasteiger partial charge is 0.481 e. The van der Waals surface area contributed by atoms with Crippen molar-refractivity contribution in [3.05, 3.63) is 35.4 Å². The molecule has 4 nitrogen and oxygen atoms in total. The molecule has 1 rings (SSSR count). The molecule has 15 heavy (non-hydrogen) atoms. The minimum Gasteiger partial charge on any atom is -0.481 e. The maximum atomic E-state index is 13.1. The molecule has 0 aromatic heterocycles. The van der Waals surface area contributed by atoms with Gasteiger partial charge in [-0.2, -0.15) is 0 Å². The van der Waals surface area contributed by atoms with Crippen LogP contribution in [-0.4, -0.2) is 22.0 Å². The molecule has 80 valence electrons. The zero-order valence-electron chi connectivity index (χ0n) is 7.44. The highest BCUT2D eigenvalue weighted by Gasteiger charge is 2.18. The van der Waals surface area contributed by atoms with Crippen LogP contribution >= 0.6 is 0 Å². The number of nitrogens with zero attached hydrogens (tertiary/aromatic N) is 1. The number of benzene rings is 1. The summed E-state index contributed by atoms with van der Waals surface area (Å²) in [5.74, 6) is -3.28. The van der Waals surface area contributed by atoms with Gasteiger partial charge in [0.2, 0.25) is 0 Å². The molecular weight excluding hydrogens is 208 g/mol. The number of halogens is 2. The molecule has 0 saturated carbocycles. The van der Waals surface area contributed by atoms with Gasteiger partial charge in [-0.3, -0.25) is 4.79 Å². The molecule has 0 aliphatic carbocycles. The van der Waals surface area contributed by atoms with E-state index < -0.39 is 35.3 Å². The minimum atomic E-state index is -1.34. The zero-order chi connectivity index (χ0) is 11.4. The summed E-state index contributed by atoms with van der Waals surface area (Å²) in [7, 11) is 0. The van der Waals surface area contributed by atoms with E-state index in [2.05, 4.69) is 5.16 Å². The number of hydrogen-bond donors (Lipinski definition) is 2. The molecular formula is C9H7F2NO3. The van der Waals surface area contributed by atoms with E-state index in [1.165, 1.54) is 0 Å². The minimum absolute atomic E-state index is 0.557. The molecule has 0 heterocycles. The van der Waals surface area contributed by atoms with Gasteiger partial charge in [-0.15, -0.1) is 0 Å². The lowest BCUT2D eigenvalue weighted by atomic mass is 10.1. The predicted molar refractivity (Wildman–Crippen MR) is 46.9 cm³/mol. The second-order valence-electron chi connectivity index (χ2n) is 2.71. The van der Waals surface area contributed by atoms with Crippen molar-refractivity contribution in [2.75, 3.05) is 0 Å². The predicted octanol–water partition coefficient (Wildman–Crippen LogP) is 1.62. The van der Waals surface area contributed by atoms with Crippen LogP contribution in [0.1, 0.15) is 12.0 Å². The highest BCUT2D eigenvalue weighted by molar-refractivity contribution is 6.08. The molecule has 0 saturated heterocycles. The van der Waals surface area contributed by atoms with Gasteiger partial charge in [-0.25, -0.2) is 8.78 Å². The molecule has 0 spiro atoms. The van der Waals surface area contributed by atoms with E-state index in [9.17, 15) is 13.6 Å². The first-order valence-electron chi connectivity index (χ1n) is 3.93. The Balaban J connectivity index is 3.18. The van der Waals surface area contributed by atoms with Gasteiger partial charge in [-0.05, 0) is 12.1 Å². The second-order valence-corrected chi connectivity index (χ2v) is 2.71. The van der Waals surface area contributed by atoms with Gasteiger partial charge in [0.05, 0.1) is 12.0 Å². The lowest BCUT2D eigenvalue weighted by Gasteiger charge is -2.04. The van der Waals surface area contributed by atoms with Crippen molar-refractivity contribution in [2.45, 2.75) is 6.42 Å². The highest BCUT2D eigenvalue weighted by Crippen LogP contribution is 2.14. The summed E-state index contributed by atoms with van der Waals surface area (Å²) in [4.78, 5) is 10.3. The highest BCUT2D eigenvalue weighted by atomic mass is 19.1. The van der Waals surface area contributed by atoms with Crippen molar-refractivity contribution >= 4 is 11.7 Å². The third-order valence-corrected chi connectivity index (χ3v) is 1.69. The Bertz CT molecular complexity index is 398. The summed E-state index contributed by atoms with van der Waals surface area (Å²) in [6, 6.07) is 3.03. The quantitative estimate of drug-likeness (QED) is 0.457. The molecule has 0 aliphatic rings. The van der Waals surface area contributed by atoms with Gasteiger partial charge in [0, 0.05) is 0 Å². The number of rotatable bonds is 3. The Morgan fingerprint density at radius 1 is 1.33 bits per heavy atom. The number of oxime groups is 1. The zero-order valence-corrected chi connectivity index (χ0v) is 7.44. The van der Waals surface area contributed by atoms with Crippen molar-refractivity contribution in [1.29, 1.82) is 0 Å². The van der Waals surface area contributed by atoms with Crippen LogP contribution in [0.25, 0.3) is 0 Å². The molecule has 2 N–H and O–H groups in total. The van der Waals surface area contributed by atoms with E-state index in [1.807, 2.05) is 0 Å². The standard InChI is InChI=1S/C9H7F2NO3/c10-5-2-1-3-6(11)9(5)7(12-15)4-8(13)14/h1-3,15H,4H2,(H,13,14)/b12-7-. The van der Waals surface area contributed by atoms with Crippen LogP contribution in [0.5, 0.6) is 0 Å². The summed E-state index contributed by atoms with van der Waals surface area (Å²) < 4.78 is 26.2. The number of carbonyl (C=O) groups is 1. The van der Waals surface area contributed by atoms with E-state index >= 15 is 0 Å². The van der Waals surface area contributed by atoms with E-state index in [4.69, 9.17) is 10.3 Å². The molecule has 0 atom stereocenters. The molecule has 0 bridgehead atoms. The lowest BCUT2D eigenvalue weighted by molar-refractivity contribution is -0.135. The Morgan fingerprint density at radius 2 is 1.87 bits per heavy atom. The Labute approximate surface area is 83.5 Å². The summed E-state index contributed by atoms with van der Waals surface area (Å²) in [5, 5.41) is 19.5. The maximum Gasteiger partial charge on any atom is 0.309 e. The summed E-state index contributed by atoms with van der Waals surface area (Å²) in [6.45, 7) is 0. The molecule has 0 aliphatic heterocycles. The lowest BCUT2D eigenvalue weighted by Crippen LogP contribution is -2.12. The maximum absolute atomic E-state index is 13.1. The average molecular weight is 215 g/mol. The van der Waals surface area contributed by atoms with Crippen molar-refractivity contribution in [2.24, 2.45) is 5.16 Å². The molecule has 6 heteroatoms. The topological polar surface area (TPSA) is 69.9 Å². The van der Waals surface area contributed by atoms with Crippen LogP contribution in [0.3, 0.4) is 0 Å². The number of carboxylic acids is 1. The smallest absolute Gasteiger partial charge is 0.309 e. The fourth-order valence-corrected chi connectivity index (χ4v) is 1.09. The van der Waals surface area contributed by atoms with Crippen molar-refractivity contribution in [3.8, 4) is 0 Å². The van der Waals surface area contributed by atoms with E-state index in [0.717, 1.165) is 18.2 Å². The van der Waals surface area contributed by atoms with E-state index in [1.54, 1.807) is 0 Å². The van der Waals surface area contributed by atoms with E-state index in [-0.39, 0.29) is 0 Å². The summed E-state index contributed by atoms with van der Waals surface area (Å²) in [5.41, 5.74) is -1.18. The first-order valence-corrected chi connectivity index (χ1v) is 3.93. The average Bonchev–Trinajstić information content (AvgIpc) is 2.15. The van der Waals surface area contributed by atoms with Crippen LogP contribution in [0, 0.1) is 11.6 Å². The fourth-order valence-electron chi connectivity index (χ4n) is 1.09. The third kappa shape index (κ3) is 2.49. The van der Waals surface area contributed by atoms with Crippen molar-refractivity contribution in [1.82, 2.24) is 0 Å². The number of aliphatic carboxylic acids is 1. The summed E-state index contributed by atoms with van der Waals surface area (Å²) >= 11 is 0. The van der Waals surface area contributed by atoms with E-state index in [0.29, 0.717) is 0 Å². The molecule has 0 amide bonds. The Hall–Kier alpha value is -1.98. The Kier molecular flexibility index (Phi) is 3.33. The third-order valence-electron chi connectivity index (χ3n) is 1.69. The van der Waals surface area contributed by atoms with Crippen LogP contribution in [0.15, 0.2) is 23.4 Å². The van der Waals surface area contributed by atoms with Gasteiger partial charge >= 0.3 is 5.97 Å². The number of carboxylic acid groups (broad SMARTS) is 1. The first kappa shape index (κ1) is 11.1. The van der Waals surface area contributed by atoms with Crippen molar-refractivity contribution < 1.29 is 23.9 Å². The first-order chi connectivity index (χ1) is 7.06. The van der Waals surface area contributed by atoms with Gasteiger partial charge in [0.15, 0.2) is 0 Å². The van der Waals surface area contributed by atoms with Crippen LogP contribution < -0.4 is 0 Å². The molecule has 0 fully saturated rings. The molecule has 1 aromatic rings. The Morgan fingerprint density at radius 3 is 2.27 bits per heavy atom. The van der Waals surface area contributed by atoms with Crippen LogP contribution in [0.4, 0.5) is 8.78 Å². The monoisotopic (exact) mass is 215 g/mol. The van der Waals surface area contributed by atoms with Crippen LogP contribution in [-0.2, 0) is 4.79 Å². The van der Waals surface area contributed by atoms with Gasteiger partial charge < -0.3 is 10.3 Å². The SMILES string of the molecule is O=C(O)C/C(=N/O)c1c(F)cccc1F. The normalized spacial score (nSPS) is 11.5. The van der Waals surface area contributed by atoms with Crippen LogP contribution in [0.2, 0.25) is 0 Å². The number of hydrogen-bond acceptors (Lipinski definition) is 3. The van der Waals surface area contributed by atoms with Gasteiger partial charge in [-0.1, -0.05) is 11.2 Å².